The van der Waals surface area contributed by atoms with Crippen LogP contribution >= 0.6 is 0 Å². The minimum Gasteiger partial charge on any atom is -0.445 e. The number of rotatable bonds is 2. The molecule has 5 nitrogen and oxygen atoms in total. The van der Waals surface area contributed by atoms with Gasteiger partial charge in [-0.05, 0) is 20.3 Å². The van der Waals surface area contributed by atoms with Crippen LogP contribution in [0.2, 0.25) is 0 Å². The Hall–Kier alpha value is -0.810. The van der Waals surface area contributed by atoms with E-state index >= 15 is 0 Å². The summed E-state index contributed by atoms with van der Waals surface area (Å²) in [5.74, 6) is 0. The molecule has 0 radical (unpaired) electrons. The first-order valence-electron chi connectivity index (χ1n) is 6.44. The Kier molecular flexibility index (Phi) is 4.23. The van der Waals surface area contributed by atoms with Crippen molar-refractivity contribution >= 4 is 6.09 Å². The largest absolute Gasteiger partial charge is 0.445 e. The maximum atomic E-state index is 11.9. The van der Waals surface area contributed by atoms with Crippen molar-refractivity contribution in [1.82, 2.24) is 9.80 Å². The lowest BCUT2D eigenvalue weighted by molar-refractivity contribution is 0.0137. The zero-order valence-electron chi connectivity index (χ0n) is 10.7. The summed E-state index contributed by atoms with van der Waals surface area (Å²) in [5, 5.41) is 0. The van der Waals surface area contributed by atoms with Crippen LogP contribution in [0.5, 0.6) is 0 Å². The van der Waals surface area contributed by atoms with Crippen molar-refractivity contribution < 1.29 is 14.3 Å². The third-order valence-corrected chi connectivity index (χ3v) is 3.44. The number of hydrogen-bond acceptors (Lipinski definition) is 4. The van der Waals surface area contributed by atoms with Crippen molar-refractivity contribution in [3.8, 4) is 0 Å². The van der Waals surface area contributed by atoms with Crippen molar-refractivity contribution in [3.05, 3.63) is 0 Å². The molecule has 2 heterocycles. The van der Waals surface area contributed by atoms with Gasteiger partial charge in [-0.25, -0.2) is 4.79 Å². The standard InChI is InChI=1S/C12H22N2O3/c1-10(2)14-4-3-11(9-14)17-12(15)13-5-7-16-8-6-13/h10-11H,3-9H2,1-2H3. The van der Waals surface area contributed by atoms with Crippen LogP contribution in [0, 0.1) is 0 Å². The highest BCUT2D eigenvalue weighted by molar-refractivity contribution is 5.68. The van der Waals surface area contributed by atoms with Crippen molar-refractivity contribution in [3.63, 3.8) is 0 Å². The van der Waals surface area contributed by atoms with Crippen LogP contribution < -0.4 is 0 Å². The number of nitrogens with zero attached hydrogens (tertiary/aromatic N) is 2. The predicted octanol–water partition coefficient (Wildman–Crippen LogP) is 0.938. The third kappa shape index (κ3) is 3.33. The highest BCUT2D eigenvalue weighted by atomic mass is 16.6. The molecule has 2 aliphatic rings. The number of likely N-dealkylation sites (tertiary alicyclic amines) is 1. The average molecular weight is 242 g/mol. The third-order valence-electron chi connectivity index (χ3n) is 3.44. The summed E-state index contributed by atoms with van der Waals surface area (Å²) in [5.41, 5.74) is 0. The molecule has 0 aliphatic carbocycles. The first-order valence-corrected chi connectivity index (χ1v) is 6.44. The Bertz CT molecular complexity index is 264. The Morgan fingerprint density at radius 2 is 2.00 bits per heavy atom. The summed E-state index contributed by atoms with van der Waals surface area (Å²) in [6.07, 6.45) is 0.838. The van der Waals surface area contributed by atoms with E-state index < -0.39 is 0 Å². The monoisotopic (exact) mass is 242 g/mol. The lowest BCUT2D eigenvalue weighted by Gasteiger charge is -2.27. The molecule has 2 fully saturated rings. The topological polar surface area (TPSA) is 42.0 Å². The van der Waals surface area contributed by atoms with Crippen molar-refractivity contribution in [1.29, 1.82) is 0 Å². The number of amides is 1. The molecule has 0 saturated carbocycles. The van der Waals surface area contributed by atoms with E-state index in [4.69, 9.17) is 9.47 Å². The van der Waals surface area contributed by atoms with Gasteiger partial charge in [-0.1, -0.05) is 0 Å². The van der Waals surface area contributed by atoms with E-state index in [1.54, 1.807) is 4.90 Å². The molecule has 0 aromatic rings. The van der Waals surface area contributed by atoms with Gasteiger partial charge in [-0.2, -0.15) is 0 Å². The SMILES string of the molecule is CC(C)N1CCC(OC(=O)N2CCOCC2)C1. The van der Waals surface area contributed by atoms with Crippen LogP contribution in [0.4, 0.5) is 4.79 Å². The minimum absolute atomic E-state index is 0.0627. The summed E-state index contributed by atoms with van der Waals surface area (Å²) in [4.78, 5) is 15.9. The molecule has 0 aromatic carbocycles. The van der Waals surface area contributed by atoms with Crippen molar-refractivity contribution in [2.75, 3.05) is 39.4 Å². The van der Waals surface area contributed by atoms with E-state index in [-0.39, 0.29) is 12.2 Å². The molecule has 1 amide bonds. The predicted molar refractivity (Wildman–Crippen MR) is 64.0 cm³/mol. The molecule has 0 spiro atoms. The zero-order chi connectivity index (χ0) is 12.3. The molecule has 98 valence electrons. The number of carbonyl (C=O) groups is 1. The van der Waals surface area contributed by atoms with Crippen LogP contribution in [-0.2, 0) is 9.47 Å². The average Bonchev–Trinajstić information content (AvgIpc) is 2.79. The smallest absolute Gasteiger partial charge is 0.410 e. The highest BCUT2D eigenvalue weighted by Gasteiger charge is 2.29. The van der Waals surface area contributed by atoms with E-state index in [1.807, 2.05) is 0 Å². The molecular formula is C12H22N2O3. The summed E-state index contributed by atoms with van der Waals surface area (Å²) >= 11 is 0. The second-order valence-electron chi connectivity index (χ2n) is 4.98. The Labute approximate surface area is 103 Å². The number of hydrogen-bond donors (Lipinski definition) is 0. The molecule has 0 N–H and O–H groups in total. The van der Waals surface area contributed by atoms with Gasteiger partial charge in [0.2, 0.25) is 0 Å². The fourth-order valence-electron chi connectivity index (χ4n) is 2.28. The van der Waals surface area contributed by atoms with E-state index in [9.17, 15) is 4.79 Å². The molecule has 2 aliphatic heterocycles. The number of ether oxygens (including phenoxy) is 2. The number of carbonyl (C=O) groups excluding carboxylic acids is 1. The fourth-order valence-corrected chi connectivity index (χ4v) is 2.28. The van der Waals surface area contributed by atoms with Crippen LogP contribution in [0.15, 0.2) is 0 Å². The fraction of sp³-hybridized carbons (Fsp3) is 0.917. The Morgan fingerprint density at radius 1 is 1.29 bits per heavy atom. The first-order chi connectivity index (χ1) is 8.16. The van der Waals surface area contributed by atoms with Gasteiger partial charge in [0.15, 0.2) is 0 Å². The van der Waals surface area contributed by atoms with Crippen molar-refractivity contribution in [2.45, 2.75) is 32.4 Å². The minimum atomic E-state index is -0.177. The van der Waals surface area contributed by atoms with Gasteiger partial charge in [0.05, 0.1) is 13.2 Å². The molecule has 2 saturated heterocycles. The molecule has 1 atom stereocenters. The van der Waals surface area contributed by atoms with Gasteiger partial charge in [-0.15, -0.1) is 0 Å². The van der Waals surface area contributed by atoms with E-state index in [0.717, 1.165) is 19.5 Å². The van der Waals surface area contributed by atoms with Crippen molar-refractivity contribution in [2.24, 2.45) is 0 Å². The summed E-state index contributed by atoms with van der Waals surface area (Å²) in [6.45, 7) is 8.79. The van der Waals surface area contributed by atoms with Gasteiger partial charge < -0.3 is 14.4 Å². The van der Waals surface area contributed by atoms with Gasteiger partial charge in [0.25, 0.3) is 0 Å². The normalized spacial score (nSPS) is 26.5. The second-order valence-corrected chi connectivity index (χ2v) is 4.98. The quantitative estimate of drug-likeness (QED) is 0.722. The van der Waals surface area contributed by atoms with Crippen LogP contribution in [-0.4, -0.2) is 67.4 Å². The molecular weight excluding hydrogens is 220 g/mol. The molecule has 0 aromatic heterocycles. The lowest BCUT2D eigenvalue weighted by Crippen LogP contribution is -2.42. The van der Waals surface area contributed by atoms with E-state index in [1.165, 1.54) is 0 Å². The van der Waals surface area contributed by atoms with Gasteiger partial charge in [-0.3, -0.25) is 4.90 Å². The van der Waals surface area contributed by atoms with Gasteiger partial charge >= 0.3 is 6.09 Å². The van der Waals surface area contributed by atoms with Gasteiger partial charge in [0, 0.05) is 32.2 Å². The Morgan fingerprint density at radius 3 is 2.59 bits per heavy atom. The summed E-state index contributed by atoms with van der Waals surface area (Å²) in [6, 6.07) is 0.530. The van der Waals surface area contributed by atoms with Crippen LogP contribution in [0.1, 0.15) is 20.3 Å². The van der Waals surface area contributed by atoms with Gasteiger partial charge in [0.1, 0.15) is 6.10 Å². The summed E-state index contributed by atoms with van der Waals surface area (Å²) < 4.78 is 10.7. The maximum absolute atomic E-state index is 11.9. The zero-order valence-corrected chi connectivity index (χ0v) is 10.7. The van der Waals surface area contributed by atoms with E-state index in [0.29, 0.717) is 32.3 Å². The van der Waals surface area contributed by atoms with Crippen LogP contribution in [0.3, 0.4) is 0 Å². The van der Waals surface area contributed by atoms with Crippen LogP contribution in [0.25, 0.3) is 0 Å². The molecule has 2 rings (SSSR count). The second kappa shape index (κ2) is 5.69. The first kappa shape index (κ1) is 12.6. The number of morpholine rings is 1. The molecule has 1 unspecified atom stereocenters. The molecule has 17 heavy (non-hydrogen) atoms. The maximum Gasteiger partial charge on any atom is 0.410 e. The lowest BCUT2D eigenvalue weighted by atomic mass is 10.3. The highest BCUT2D eigenvalue weighted by Crippen LogP contribution is 2.16. The molecule has 5 heteroatoms. The Balaban J connectivity index is 1.75. The summed E-state index contributed by atoms with van der Waals surface area (Å²) in [7, 11) is 0. The van der Waals surface area contributed by atoms with E-state index in [2.05, 4.69) is 18.7 Å². The molecule has 0 bridgehead atoms.